The third-order valence-electron chi connectivity index (χ3n) is 2.20. The minimum atomic E-state index is 0.196. The summed E-state index contributed by atoms with van der Waals surface area (Å²) in [6.07, 6.45) is 0.762. The van der Waals surface area contributed by atoms with Crippen LogP contribution in [-0.4, -0.2) is 19.7 Å². The first-order valence-electron chi connectivity index (χ1n) is 5.22. The van der Waals surface area contributed by atoms with Gasteiger partial charge in [-0.15, -0.1) is 0 Å². The highest BCUT2D eigenvalue weighted by Gasteiger charge is 2.17. The molecule has 4 heteroatoms. The number of rotatable bonds is 4. The lowest BCUT2D eigenvalue weighted by molar-refractivity contribution is 0.111. The third-order valence-corrected chi connectivity index (χ3v) is 2.20. The number of ether oxygens (including phenoxy) is 3. The highest BCUT2D eigenvalue weighted by atomic mass is 16.7. The van der Waals surface area contributed by atoms with Gasteiger partial charge in [0, 0.05) is 6.07 Å². The Labute approximate surface area is 94.1 Å². The number of aldehydes is 1. The molecule has 0 spiro atoms. The lowest BCUT2D eigenvalue weighted by Crippen LogP contribution is -2.06. The molecule has 0 bridgehead atoms. The average Bonchev–Trinajstić information content (AvgIpc) is 2.71. The van der Waals surface area contributed by atoms with Crippen molar-refractivity contribution >= 4 is 6.29 Å². The molecular formula is C12H14O4. The summed E-state index contributed by atoms with van der Waals surface area (Å²) >= 11 is 0. The van der Waals surface area contributed by atoms with E-state index < -0.39 is 0 Å². The smallest absolute Gasteiger partial charge is 0.231 e. The Morgan fingerprint density at radius 3 is 2.69 bits per heavy atom. The van der Waals surface area contributed by atoms with Crippen LogP contribution in [0.4, 0.5) is 0 Å². The summed E-state index contributed by atoms with van der Waals surface area (Å²) in [5.74, 6) is 2.18. The number of hydrogen-bond acceptors (Lipinski definition) is 4. The topological polar surface area (TPSA) is 44.8 Å². The van der Waals surface area contributed by atoms with Gasteiger partial charge in [-0.25, -0.2) is 0 Å². The van der Waals surface area contributed by atoms with Gasteiger partial charge in [-0.05, 0) is 12.0 Å². The fourth-order valence-corrected chi connectivity index (χ4v) is 1.41. The number of fused-ring (bicyclic) bond motifs is 1. The number of carbonyl (C=O) groups excluding carboxylic acids is 1. The van der Waals surface area contributed by atoms with E-state index in [0.29, 0.717) is 35.3 Å². The second-order valence-corrected chi connectivity index (χ2v) is 4.07. The molecule has 0 saturated carbocycles. The summed E-state index contributed by atoms with van der Waals surface area (Å²) in [6.45, 7) is 4.86. The van der Waals surface area contributed by atoms with Crippen molar-refractivity contribution in [2.45, 2.75) is 13.8 Å². The van der Waals surface area contributed by atoms with Gasteiger partial charge in [-0.1, -0.05) is 13.8 Å². The zero-order valence-corrected chi connectivity index (χ0v) is 9.36. The second-order valence-electron chi connectivity index (χ2n) is 4.07. The molecule has 0 amide bonds. The molecule has 1 aromatic rings. The SMILES string of the molecule is CC(C)COc1cc2c(cc1C=O)OCO2. The predicted octanol–water partition coefficient (Wildman–Crippen LogP) is 2.26. The molecule has 1 heterocycles. The van der Waals surface area contributed by atoms with E-state index in [1.54, 1.807) is 12.1 Å². The van der Waals surface area contributed by atoms with Crippen LogP contribution in [-0.2, 0) is 0 Å². The molecule has 1 aliphatic heterocycles. The quantitative estimate of drug-likeness (QED) is 0.733. The molecular weight excluding hydrogens is 208 g/mol. The van der Waals surface area contributed by atoms with Crippen molar-refractivity contribution in [3.8, 4) is 17.2 Å². The maximum absolute atomic E-state index is 10.9. The highest BCUT2D eigenvalue weighted by molar-refractivity contribution is 5.81. The van der Waals surface area contributed by atoms with Gasteiger partial charge < -0.3 is 14.2 Å². The summed E-state index contributed by atoms with van der Waals surface area (Å²) in [5, 5.41) is 0. The summed E-state index contributed by atoms with van der Waals surface area (Å²) in [4.78, 5) is 10.9. The zero-order valence-electron chi connectivity index (χ0n) is 9.36. The molecule has 0 aromatic heterocycles. The van der Waals surface area contributed by atoms with Crippen LogP contribution < -0.4 is 14.2 Å². The highest BCUT2D eigenvalue weighted by Crippen LogP contribution is 2.37. The van der Waals surface area contributed by atoms with Crippen LogP contribution in [0.5, 0.6) is 17.2 Å². The fraction of sp³-hybridized carbons (Fsp3) is 0.417. The van der Waals surface area contributed by atoms with E-state index in [1.165, 1.54) is 0 Å². The summed E-state index contributed by atoms with van der Waals surface area (Å²) in [6, 6.07) is 3.35. The Balaban J connectivity index is 2.25. The van der Waals surface area contributed by atoms with E-state index in [1.807, 2.05) is 13.8 Å². The molecule has 0 unspecified atom stereocenters. The van der Waals surface area contributed by atoms with Crippen molar-refractivity contribution in [3.05, 3.63) is 17.7 Å². The van der Waals surface area contributed by atoms with E-state index in [4.69, 9.17) is 14.2 Å². The minimum Gasteiger partial charge on any atom is -0.492 e. The lowest BCUT2D eigenvalue weighted by Gasteiger charge is -2.11. The lowest BCUT2D eigenvalue weighted by atomic mass is 10.2. The summed E-state index contributed by atoms with van der Waals surface area (Å²) < 4.78 is 16.0. The summed E-state index contributed by atoms with van der Waals surface area (Å²) in [7, 11) is 0. The average molecular weight is 222 g/mol. The number of benzene rings is 1. The molecule has 0 N–H and O–H groups in total. The second kappa shape index (κ2) is 4.43. The molecule has 0 radical (unpaired) electrons. The van der Waals surface area contributed by atoms with Gasteiger partial charge in [0.2, 0.25) is 6.79 Å². The van der Waals surface area contributed by atoms with Crippen molar-refractivity contribution in [1.82, 2.24) is 0 Å². The van der Waals surface area contributed by atoms with E-state index in [-0.39, 0.29) is 6.79 Å². The monoisotopic (exact) mass is 222 g/mol. The van der Waals surface area contributed by atoms with Gasteiger partial charge in [0.05, 0.1) is 12.2 Å². The fourth-order valence-electron chi connectivity index (χ4n) is 1.41. The van der Waals surface area contributed by atoms with Crippen LogP contribution in [0.25, 0.3) is 0 Å². The molecule has 0 atom stereocenters. The van der Waals surface area contributed by atoms with Gasteiger partial charge in [-0.3, -0.25) is 4.79 Å². The molecule has 1 aliphatic rings. The first-order chi connectivity index (χ1) is 7.70. The molecule has 16 heavy (non-hydrogen) atoms. The van der Waals surface area contributed by atoms with Gasteiger partial charge in [0.1, 0.15) is 5.75 Å². The first-order valence-corrected chi connectivity index (χ1v) is 5.22. The molecule has 2 rings (SSSR count). The molecule has 0 aliphatic carbocycles. The van der Waals surface area contributed by atoms with E-state index in [2.05, 4.69) is 0 Å². The normalized spacial score (nSPS) is 12.9. The standard InChI is InChI=1S/C12H14O4/c1-8(2)6-14-10-4-12-11(15-7-16-12)3-9(10)5-13/h3-5,8H,6-7H2,1-2H3. The molecule has 86 valence electrons. The van der Waals surface area contributed by atoms with Crippen LogP contribution in [0.2, 0.25) is 0 Å². The first kappa shape index (κ1) is 10.8. The Morgan fingerprint density at radius 1 is 1.38 bits per heavy atom. The van der Waals surface area contributed by atoms with Gasteiger partial charge in [0.25, 0.3) is 0 Å². The van der Waals surface area contributed by atoms with Gasteiger partial charge >= 0.3 is 0 Å². The maximum Gasteiger partial charge on any atom is 0.231 e. The Kier molecular flexibility index (Phi) is 2.99. The summed E-state index contributed by atoms with van der Waals surface area (Å²) in [5.41, 5.74) is 0.491. The van der Waals surface area contributed by atoms with Gasteiger partial charge in [0.15, 0.2) is 17.8 Å². The molecule has 4 nitrogen and oxygen atoms in total. The number of carbonyl (C=O) groups is 1. The van der Waals surface area contributed by atoms with Crippen LogP contribution in [0.15, 0.2) is 12.1 Å². The largest absolute Gasteiger partial charge is 0.492 e. The van der Waals surface area contributed by atoms with Crippen LogP contribution in [0.1, 0.15) is 24.2 Å². The van der Waals surface area contributed by atoms with Crippen LogP contribution in [0, 0.1) is 5.92 Å². The Bertz CT molecular complexity index is 398. The van der Waals surface area contributed by atoms with E-state index in [9.17, 15) is 4.79 Å². The van der Waals surface area contributed by atoms with Crippen molar-refractivity contribution in [1.29, 1.82) is 0 Å². The van der Waals surface area contributed by atoms with Crippen molar-refractivity contribution in [3.63, 3.8) is 0 Å². The maximum atomic E-state index is 10.9. The predicted molar refractivity (Wildman–Crippen MR) is 58.3 cm³/mol. The van der Waals surface area contributed by atoms with Crippen LogP contribution in [0.3, 0.4) is 0 Å². The van der Waals surface area contributed by atoms with Gasteiger partial charge in [-0.2, -0.15) is 0 Å². The minimum absolute atomic E-state index is 0.196. The molecule has 0 saturated heterocycles. The van der Waals surface area contributed by atoms with Crippen molar-refractivity contribution in [2.24, 2.45) is 5.92 Å². The van der Waals surface area contributed by atoms with Crippen LogP contribution >= 0.6 is 0 Å². The Hall–Kier alpha value is -1.71. The van der Waals surface area contributed by atoms with Crippen molar-refractivity contribution < 1.29 is 19.0 Å². The Morgan fingerprint density at radius 2 is 2.06 bits per heavy atom. The third kappa shape index (κ3) is 2.10. The van der Waals surface area contributed by atoms with E-state index >= 15 is 0 Å². The van der Waals surface area contributed by atoms with E-state index in [0.717, 1.165) is 6.29 Å². The van der Waals surface area contributed by atoms with Crippen molar-refractivity contribution in [2.75, 3.05) is 13.4 Å². The molecule has 0 fully saturated rings. The zero-order chi connectivity index (χ0) is 11.5. The molecule has 1 aromatic carbocycles. The number of hydrogen-bond donors (Lipinski definition) is 0.